The number of hydrogen-bond acceptors (Lipinski definition) is 4. The van der Waals surface area contributed by atoms with E-state index >= 15 is 0 Å². The zero-order valence-electron chi connectivity index (χ0n) is 12.5. The first-order valence-electron chi connectivity index (χ1n) is 8.02. The lowest BCUT2D eigenvalue weighted by Crippen LogP contribution is -2.50. The van der Waals surface area contributed by atoms with Gasteiger partial charge in [-0.1, -0.05) is 5.16 Å². The van der Waals surface area contributed by atoms with Crippen LogP contribution in [0.2, 0.25) is 0 Å². The van der Waals surface area contributed by atoms with Gasteiger partial charge in [-0.3, -0.25) is 4.79 Å². The van der Waals surface area contributed by atoms with Gasteiger partial charge in [-0.2, -0.15) is 0 Å². The molecule has 4 rings (SSSR count). The molecule has 1 N–H and O–H groups in total. The Bertz CT molecular complexity index is 595. The number of nitrogens with one attached hydrogen (secondary N) is 1. The predicted molar refractivity (Wildman–Crippen MR) is 77.5 cm³/mol. The Morgan fingerprint density at radius 3 is 2.91 bits per heavy atom. The summed E-state index contributed by atoms with van der Waals surface area (Å²) in [6.07, 6.45) is 5.52. The Hall–Kier alpha value is -2.05. The molecule has 0 radical (unpaired) electrons. The van der Waals surface area contributed by atoms with Crippen molar-refractivity contribution in [3.63, 3.8) is 0 Å². The molecule has 2 saturated heterocycles. The summed E-state index contributed by atoms with van der Waals surface area (Å²) in [5.74, 6) is 0.384. The SMILES string of the molecule is O=C(c1conc1C1CC1)N1CCCC(N2CCNC2=O)C1. The molecule has 1 atom stereocenters. The van der Waals surface area contributed by atoms with Gasteiger partial charge in [0.2, 0.25) is 0 Å². The molecule has 3 fully saturated rings. The zero-order valence-corrected chi connectivity index (χ0v) is 12.5. The number of aromatic nitrogens is 1. The van der Waals surface area contributed by atoms with Crippen LogP contribution in [0.25, 0.3) is 0 Å². The minimum Gasteiger partial charge on any atom is -0.364 e. The highest BCUT2D eigenvalue weighted by Crippen LogP contribution is 2.41. The molecule has 2 aliphatic heterocycles. The van der Waals surface area contributed by atoms with Gasteiger partial charge in [0.1, 0.15) is 11.8 Å². The van der Waals surface area contributed by atoms with Crippen molar-refractivity contribution in [2.24, 2.45) is 0 Å². The van der Waals surface area contributed by atoms with Crippen LogP contribution in [0.5, 0.6) is 0 Å². The fraction of sp³-hybridized carbons (Fsp3) is 0.667. The van der Waals surface area contributed by atoms with E-state index in [9.17, 15) is 9.59 Å². The molecule has 3 amide bonds. The monoisotopic (exact) mass is 304 g/mol. The van der Waals surface area contributed by atoms with Gasteiger partial charge in [-0.25, -0.2) is 4.79 Å². The van der Waals surface area contributed by atoms with Crippen molar-refractivity contribution in [1.29, 1.82) is 0 Å². The lowest BCUT2D eigenvalue weighted by Gasteiger charge is -2.36. The standard InChI is InChI=1S/C15H20N4O3/c20-14(12-9-22-17-13(12)10-3-4-10)18-6-1-2-11(8-18)19-7-5-16-15(19)21/h9-11H,1-8H2,(H,16,21). The molecular formula is C15H20N4O3. The molecule has 1 aromatic rings. The van der Waals surface area contributed by atoms with Gasteiger partial charge in [-0.05, 0) is 25.7 Å². The van der Waals surface area contributed by atoms with E-state index in [1.54, 1.807) is 0 Å². The molecule has 1 aromatic heterocycles. The van der Waals surface area contributed by atoms with Crippen molar-refractivity contribution in [3.8, 4) is 0 Å². The summed E-state index contributed by atoms with van der Waals surface area (Å²) in [5, 5.41) is 6.83. The highest BCUT2D eigenvalue weighted by Gasteiger charge is 2.36. The molecule has 22 heavy (non-hydrogen) atoms. The summed E-state index contributed by atoms with van der Waals surface area (Å²) < 4.78 is 5.03. The Balaban J connectivity index is 1.48. The summed E-state index contributed by atoms with van der Waals surface area (Å²) in [4.78, 5) is 28.3. The van der Waals surface area contributed by atoms with Crippen LogP contribution in [-0.4, -0.2) is 59.1 Å². The van der Waals surface area contributed by atoms with E-state index in [2.05, 4.69) is 10.5 Å². The van der Waals surface area contributed by atoms with Crippen molar-refractivity contribution < 1.29 is 14.1 Å². The third kappa shape index (κ3) is 2.34. The Morgan fingerprint density at radius 1 is 1.32 bits per heavy atom. The molecule has 0 spiro atoms. The van der Waals surface area contributed by atoms with Crippen LogP contribution in [-0.2, 0) is 0 Å². The highest BCUT2D eigenvalue weighted by atomic mass is 16.5. The van der Waals surface area contributed by atoms with E-state index in [0.29, 0.717) is 24.6 Å². The maximum atomic E-state index is 12.8. The number of carbonyl (C=O) groups is 2. The van der Waals surface area contributed by atoms with Gasteiger partial charge in [0, 0.05) is 32.1 Å². The first-order valence-corrected chi connectivity index (χ1v) is 8.02. The number of piperidine rings is 1. The predicted octanol–water partition coefficient (Wildman–Crippen LogP) is 1.18. The molecule has 7 nitrogen and oxygen atoms in total. The molecule has 3 heterocycles. The van der Waals surface area contributed by atoms with Crippen molar-refractivity contribution in [3.05, 3.63) is 17.5 Å². The van der Waals surface area contributed by atoms with E-state index < -0.39 is 0 Å². The Morgan fingerprint density at radius 2 is 2.18 bits per heavy atom. The maximum Gasteiger partial charge on any atom is 0.317 e. The molecule has 118 valence electrons. The Labute approximate surface area is 128 Å². The second-order valence-electron chi connectivity index (χ2n) is 6.36. The summed E-state index contributed by atoms with van der Waals surface area (Å²) in [6.45, 7) is 2.76. The van der Waals surface area contributed by atoms with Crippen LogP contribution in [0, 0.1) is 0 Å². The summed E-state index contributed by atoms with van der Waals surface area (Å²) >= 11 is 0. The average molecular weight is 304 g/mol. The van der Waals surface area contributed by atoms with Crippen LogP contribution < -0.4 is 5.32 Å². The maximum absolute atomic E-state index is 12.8. The third-order valence-electron chi connectivity index (χ3n) is 4.81. The summed E-state index contributed by atoms with van der Waals surface area (Å²) in [5.41, 5.74) is 1.42. The minimum absolute atomic E-state index is 0.00699. The van der Waals surface area contributed by atoms with Crippen molar-refractivity contribution in [1.82, 2.24) is 20.3 Å². The van der Waals surface area contributed by atoms with Crippen LogP contribution in [0.15, 0.2) is 10.8 Å². The summed E-state index contributed by atoms with van der Waals surface area (Å²) in [6, 6.07) is 0.104. The fourth-order valence-electron chi connectivity index (χ4n) is 3.46. The Kier molecular flexibility index (Phi) is 3.28. The van der Waals surface area contributed by atoms with E-state index in [1.807, 2.05) is 9.80 Å². The molecule has 0 bridgehead atoms. The van der Waals surface area contributed by atoms with Crippen LogP contribution >= 0.6 is 0 Å². The molecule has 1 saturated carbocycles. The van der Waals surface area contributed by atoms with Gasteiger partial charge in [0.05, 0.1) is 11.7 Å². The topological polar surface area (TPSA) is 78.7 Å². The van der Waals surface area contributed by atoms with Gasteiger partial charge in [-0.15, -0.1) is 0 Å². The zero-order chi connectivity index (χ0) is 15.1. The smallest absolute Gasteiger partial charge is 0.317 e. The number of nitrogens with zero attached hydrogens (tertiary/aromatic N) is 3. The summed E-state index contributed by atoms with van der Waals surface area (Å²) in [7, 11) is 0. The fourth-order valence-corrected chi connectivity index (χ4v) is 3.46. The lowest BCUT2D eigenvalue weighted by molar-refractivity contribution is 0.0632. The largest absolute Gasteiger partial charge is 0.364 e. The van der Waals surface area contributed by atoms with E-state index in [4.69, 9.17) is 4.52 Å². The number of likely N-dealkylation sites (tertiary alicyclic amines) is 1. The second kappa shape index (κ2) is 5.30. The van der Waals surface area contributed by atoms with Crippen molar-refractivity contribution in [2.45, 2.75) is 37.6 Å². The van der Waals surface area contributed by atoms with Crippen LogP contribution in [0.1, 0.15) is 47.7 Å². The van der Waals surface area contributed by atoms with Gasteiger partial charge >= 0.3 is 6.03 Å². The minimum atomic E-state index is -0.0112. The number of carbonyl (C=O) groups excluding carboxylic acids is 2. The lowest BCUT2D eigenvalue weighted by atomic mass is 10.0. The number of hydrogen-bond donors (Lipinski definition) is 1. The molecular weight excluding hydrogens is 284 g/mol. The first-order chi connectivity index (χ1) is 10.7. The normalized spacial score (nSPS) is 25.5. The van der Waals surface area contributed by atoms with Crippen molar-refractivity contribution >= 4 is 11.9 Å². The molecule has 0 aromatic carbocycles. The van der Waals surface area contributed by atoms with Crippen LogP contribution in [0.3, 0.4) is 0 Å². The van der Waals surface area contributed by atoms with Gasteiger partial charge in [0.25, 0.3) is 5.91 Å². The van der Waals surface area contributed by atoms with E-state index in [-0.39, 0.29) is 18.0 Å². The van der Waals surface area contributed by atoms with Crippen molar-refractivity contribution in [2.75, 3.05) is 26.2 Å². The molecule has 1 aliphatic carbocycles. The van der Waals surface area contributed by atoms with Gasteiger partial charge in [0.15, 0.2) is 0 Å². The van der Waals surface area contributed by atoms with E-state index in [0.717, 1.165) is 44.5 Å². The number of rotatable bonds is 3. The average Bonchev–Trinajstić information content (AvgIpc) is 3.10. The third-order valence-corrected chi connectivity index (χ3v) is 4.81. The number of amides is 3. The van der Waals surface area contributed by atoms with Gasteiger partial charge < -0.3 is 19.6 Å². The molecule has 7 heteroatoms. The molecule has 3 aliphatic rings. The second-order valence-corrected chi connectivity index (χ2v) is 6.36. The van der Waals surface area contributed by atoms with Crippen LogP contribution in [0.4, 0.5) is 4.79 Å². The first kappa shape index (κ1) is 13.6. The molecule has 1 unspecified atom stereocenters. The quantitative estimate of drug-likeness (QED) is 0.909. The van der Waals surface area contributed by atoms with E-state index in [1.165, 1.54) is 6.26 Å². The highest BCUT2D eigenvalue weighted by molar-refractivity contribution is 5.95. The number of urea groups is 1.